The maximum Gasteiger partial charge on any atom is 1.00 e. The fourth-order valence-electron chi connectivity index (χ4n) is 0.719. The minimum Gasteiger partial charge on any atom is -1.00 e. The summed E-state index contributed by atoms with van der Waals surface area (Å²) < 4.78 is 0. The van der Waals surface area contributed by atoms with E-state index in [-0.39, 0.29) is 70.1 Å². The van der Waals surface area contributed by atoms with Crippen molar-refractivity contribution in [2.75, 3.05) is 0 Å². The van der Waals surface area contributed by atoms with Gasteiger partial charge >= 0.3 is 51.4 Å². The molecule has 0 aromatic rings. The molecule has 11 nitrogen and oxygen atoms in total. The average molecular weight is 546 g/mol. The van der Waals surface area contributed by atoms with Crippen LogP contribution in [0.3, 0.4) is 0 Å². The van der Waals surface area contributed by atoms with Crippen LogP contribution in [0.15, 0.2) is 22.9 Å². The summed E-state index contributed by atoms with van der Waals surface area (Å²) in [6.07, 6.45) is 2.32. The zero-order chi connectivity index (χ0) is 31.1. The third kappa shape index (κ3) is 63.8. The molecule has 0 saturated carbocycles. The first-order valence-electron chi connectivity index (χ1n) is 11.0. The van der Waals surface area contributed by atoms with Crippen LogP contribution in [0.25, 0.3) is 0 Å². The molecule has 0 aromatic carbocycles. The maximum atomic E-state index is 8.58. The van der Waals surface area contributed by atoms with Crippen LogP contribution < -0.4 is 51.4 Å². The average Bonchev–Trinajstić information content (AvgIpc) is 2.88. The number of hydrogen-bond acceptors (Lipinski definition) is 11. The summed E-state index contributed by atoms with van der Waals surface area (Å²) in [7, 11) is 0. The summed E-state index contributed by atoms with van der Waals surface area (Å²) in [5.74, 6) is 0.380. The molecule has 0 unspecified atom stereocenters. The molecular formula is C26H40KN11. The molecule has 200 valence electrons. The van der Waals surface area contributed by atoms with Gasteiger partial charge in [0.25, 0.3) is 0 Å². The molecule has 0 N–H and O–H groups in total. The van der Waals surface area contributed by atoms with Gasteiger partial charge in [-0.05, 0) is 75.7 Å². The number of azo groups is 1. The summed E-state index contributed by atoms with van der Waals surface area (Å²) in [5.41, 5.74) is -2.00. The van der Waals surface area contributed by atoms with Crippen LogP contribution in [-0.4, -0.2) is 11.1 Å². The van der Waals surface area contributed by atoms with E-state index in [0.29, 0.717) is 12.8 Å². The molecule has 38 heavy (non-hydrogen) atoms. The van der Waals surface area contributed by atoms with E-state index in [1.165, 1.54) is 6.08 Å². The van der Waals surface area contributed by atoms with Gasteiger partial charge in [0.05, 0.1) is 47.9 Å². The van der Waals surface area contributed by atoms with Crippen LogP contribution in [0.2, 0.25) is 0 Å². The standard InChI is InChI=1S/C8H12N4.C7H10N2.2C4H7N.C3H3N.K.N2.H/c1-7(2,5-9)11-12-8(3,4)6-10;1-7(2,6-9)4-3-5-8;2*1-4(2)3-5;1-2-3-4;;1-2;/h1-4H3;3-4H2,1-2H3;2*4H,1-2H3;2H,1H2;;;/q;;;;;+1;;-1. The Balaban J connectivity index is -0.0000000528. The van der Waals surface area contributed by atoms with Gasteiger partial charge < -0.3 is 1.43 Å². The van der Waals surface area contributed by atoms with Gasteiger partial charge in [0.1, 0.15) is 0 Å². The van der Waals surface area contributed by atoms with Gasteiger partial charge in [-0.3, -0.25) is 0 Å². The first-order chi connectivity index (χ1) is 16.9. The van der Waals surface area contributed by atoms with Crippen molar-refractivity contribution in [1.29, 1.82) is 47.6 Å². The Morgan fingerprint density at radius 1 is 0.711 bits per heavy atom. The molecule has 0 heterocycles. The molecule has 0 spiro atoms. The molecule has 0 saturated heterocycles. The number of nitriles is 7. The minimum absolute atomic E-state index is 0. The topological polar surface area (TPSA) is 239 Å². The largest absolute Gasteiger partial charge is 1.00 e. The number of nitrogens with zero attached hydrogens (tertiary/aromatic N) is 11. The Morgan fingerprint density at radius 2 is 0.974 bits per heavy atom. The van der Waals surface area contributed by atoms with E-state index in [9.17, 15) is 0 Å². The van der Waals surface area contributed by atoms with Crippen molar-refractivity contribution in [2.24, 2.45) is 27.5 Å². The van der Waals surface area contributed by atoms with E-state index in [4.69, 9.17) is 47.6 Å². The normalized spacial score (nSPS) is 8.71. The monoisotopic (exact) mass is 545 g/mol. The first kappa shape index (κ1) is 51.5. The van der Waals surface area contributed by atoms with Crippen LogP contribution in [-0.2, 0) is 0 Å². The van der Waals surface area contributed by atoms with Crippen LogP contribution in [0.5, 0.6) is 0 Å². The van der Waals surface area contributed by atoms with Crippen molar-refractivity contribution >= 4 is 0 Å². The third-order valence-corrected chi connectivity index (χ3v) is 2.87. The Labute approximate surface area is 274 Å². The van der Waals surface area contributed by atoms with Gasteiger partial charge in [0.2, 0.25) is 0 Å². The van der Waals surface area contributed by atoms with Gasteiger partial charge in [-0.15, -0.1) is 0 Å². The summed E-state index contributed by atoms with van der Waals surface area (Å²) in [6.45, 7) is 20.8. The van der Waals surface area contributed by atoms with Crippen molar-refractivity contribution < 1.29 is 52.8 Å². The molecule has 0 aliphatic carbocycles. The van der Waals surface area contributed by atoms with Crippen molar-refractivity contribution in [3.05, 3.63) is 12.7 Å². The van der Waals surface area contributed by atoms with Crippen molar-refractivity contribution in [3.8, 4) is 42.5 Å². The fraction of sp³-hybridized carbons (Fsp3) is 0.654. The van der Waals surface area contributed by atoms with Crippen molar-refractivity contribution in [1.82, 2.24) is 0 Å². The molecule has 0 atom stereocenters. The SMILES string of the molecule is C=CC#N.CC(C)(C#N)CCC#N.CC(C)(C#N)N=NC(C)(C)C#N.CC(C)C#N.CC(C)C#N.N#N.[H-].[K+]. The van der Waals surface area contributed by atoms with Crippen LogP contribution in [0.1, 0.15) is 83.5 Å². The van der Waals surface area contributed by atoms with Gasteiger partial charge in [-0.1, -0.05) is 6.58 Å². The van der Waals surface area contributed by atoms with E-state index in [2.05, 4.69) is 22.9 Å². The van der Waals surface area contributed by atoms with E-state index >= 15 is 0 Å². The van der Waals surface area contributed by atoms with Crippen LogP contribution >= 0.6 is 0 Å². The van der Waals surface area contributed by atoms with Crippen molar-refractivity contribution in [3.63, 3.8) is 0 Å². The summed E-state index contributed by atoms with van der Waals surface area (Å²) in [6, 6.07) is 13.8. The van der Waals surface area contributed by atoms with Gasteiger partial charge in [-0.2, -0.15) is 47.1 Å². The van der Waals surface area contributed by atoms with Crippen molar-refractivity contribution in [2.45, 2.75) is 93.2 Å². The quantitative estimate of drug-likeness (QED) is 0.214. The number of allylic oxidation sites excluding steroid dienone is 1. The number of hydrogen-bond donors (Lipinski definition) is 0. The second kappa shape index (κ2) is 33.8. The summed E-state index contributed by atoms with van der Waals surface area (Å²) in [5, 5.41) is 76.6. The molecule has 0 radical (unpaired) electrons. The van der Waals surface area contributed by atoms with Gasteiger partial charge in [-0.25, -0.2) is 0 Å². The molecule has 0 aliphatic rings. The van der Waals surface area contributed by atoms with E-state index in [1.54, 1.807) is 33.8 Å². The van der Waals surface area contributed by atoms with E-state index in [0.717, 1.165) is 0 Å². The minimum atomic E-state index is -0.839. The third-order valence-electron chi connectivity index (χ3n) is 2.87. The second-order valence-corrected chi connectivity index (χ2v) is 9.10. The van der Waals surface area contributed by atoms with Gasteiger partial charge in [0, 0.05) is 35.1 Å². The molecule has 0 bridgehead atoms. The molecular weight excluding hydrogens is 505 g/mol. The Bertz CT molecular complexity index is 903. The Kier molecular flexibility index (Phi) is 45.8. The predicted octanol–water partition coefficient (Wildman–Crippen LogP) is 4.06. The maximum absolute atomic E-state index is 8.58. The molecule has 0 rings (SSSR count). The first-order valence-corrected chi connectivity index (χ1v) is 11.0. The molecule has 12 heteroatoms. The second-order valence-electron chi connectivity index (χ2n) is 9.10. The predicted molar refractivity (Wildman–Crippen MR) is 140 cm³/mol. The Morgan fingerprint density at radius 3 is 1.11 bits per heavy atom. The zero-order valence-corrected chi connectivity index (χ0v) is 27.9. The number of rotatable bonds is 4. The van der Waals surface area contributed by atoms with Crippen LogP contribution in [0.4, 0.5) is 0 Å². The molecule has 0 aromatic heterocycles. The van der Waals surface area contributed by atoms with Gasteiger partial charge in [0.15, 0.2) is 11.1 Å². The summed E-state index contributed by atoms with van der Waals surface area (Å²) >= 11 is 0. The van der Waals surface area contributed by atoms with E-state index < -0.39 is 11.1 Å². The fourth-order valence-corrected chi connectivity index (χ4v) is 0.719. The van der Waals surface area contributed by atoms with Crippen LogP contribution in [0, 0.1) is 107 Å². The smallest absolute Gasteiger partial charge is 1.00 e. The zero-order valence-electron chi connectivity index (χ0n) is 25.8. The molecule has 0 fully saturated rings. The summed E-state index contributed by atoms with van der Waals surface area (Å²) in [4.78, 5) is 0. The van der Waals surface area contributed by atoms with E-state index in [1.807, 2.05) is 71.9 Å². The Hall–Kier alpha value is -3.17. The molecule has 0 aliphatic heterocycles. The molecule has 0 amide bonds.